The minimum Gasteiger partial charge on any atom is -0.344 e. The molecule has 0 aliphatic carbocycles. The molecule has 0 spiro atoms. The number of nitrogens with zero attached hydrogens (tertiary/aromatic N) is 3. The Hall–Kier alpha value is -1.55. The second-order valence-corrected chi connectivity index (χ2v) is 6.62. The van der Waals surface area contributed by atoms with Gasteiger partial charge >= 0.3 is 0 Å². The highest BCUT2D eigenvalue weighted by atomic mass is 15.1. The maximum atomic E-state index is 4.27. The summed E-state index contributed by atoms with van der Waals surface area (Å²) in [5, 5.41) is 3.54. The highest BCUT2D eigenvalue weighted by Gasteiger charge is 2.11. The molecule has 2 rings (SSSR count). The van der Waals surface area contributed by atoms with Crippen molar-refractivity contribution < 1.29 is 0 Å². The van der Waals surface area contributed by atoms with E-state index in [0.717, 1.165) is 13.1 Å². The molecule has 0 aliphatic heterocycles. The molecule has 0 radical (unpaired) electrons. The highest BCUT2D eigenvalue weighted by Crippen LogP contribution is 2.13. The Labute approximate surface area is 121 Å². The van der Waals surface area contributed by atoms with Crippen LogP contribution in [0.2, 0.25) is 0 Å². The number of hydrogen-bond acceptors (Lipinski definition) is 2. The van der Waals surface area contributed by atoms with E-state index in [1.165, 1.54) is 11.4 Å². The molecule has 0 bridgehead atoms. The summed E-state index contributed by atoms with van der Waals surface area (Å²) in [5.41, 5.74) is 2.68. The van der Waals surface area contributed by atoms with Crippen LogP contribution >= 0.6 is 0 Å². The Morgan fingerprint density at radius 2 is 2.00 bits per heavy atom. The number of nitrogens with one attached hydrogen (secondary N) is 1. The highest BCUT2D eigenvalue weighted by molar-refractivity contribution is 5.11. The number of hydrogen-bond donors (Lipinski definition) is 1. The molecule has 0 saturated carbocycles. The van der Waals surface area contributed by atoms with E-state index in [1.807, 2.05) is 12.5 Å². The molecular formula is C16H26N4. The van der Waals surface area contributed by atoms with Crippen molar-refractivity contribution in [1.82, 2.24) is 19.4 Å². The summed E-state index contributed by atoms with van der Waals surface area (Å²) in [6, 6.07) is 4.73. The SMILES string of the molecule is CC(C)n1cncc1Cn1cccc1CNC(C)(C)C. The molecule has 20 heavy (non-hydrogen) atoms. The van der Waals surface area contributed by atoms with E-state index < -0.39 is 0 Å². The van der Waals surface area contributed by atoms with Crippen LogP contribution in [-0.4, -0.2) is 19.7 Å². The molecule has 0 fully saturated rings. The van der Waals surface area contributed by atoms with E-state index in [0.29, 0.717) is 6.04 Å². The Bertz CT molecular complexity index is 543. The number of rotatable bonds is 5. The van der Waals surface area contributed by atoms with Crippen LogP contribution in [0.1, 0.15) is 52.0 Å². The lowest BCUT2D eigenvalue weighted by Crippen LogP contribution is -2.35. The summed E-state index contributed by atoms with van der Waals surface area (Å²) in [7, 11) is 0. The molecule has 0 aromatic carbocycles. The standard InChI is InChI=1S/C16H26N4/c1-13(2)20-12-17-9-15(20)11-19-8-6-7-14(19)10-18-16(3,4)5/h6-9,12-13,18H,10-11H2,1-5H3. The van der Waals surface area contributed by atoms with E-state index >= 15 is 0 Å². The van der Waals surface area contributed by atoms with Crippen molar-refractivity contribution >= 4 is 0 Å². The van der Waals surface area contributed by atoms with Gasteiger partial charge in [-0.05, 0) is 46.8 Å². The molecule has 0 amide bonds. The van der Waals surface area contributed by atoms with Crippen LogP contribution in [0.25, 0.3) is 0 Å². The van der Waals surface area contributed by atoms with Gasteiger partial charge in [0.2, 0.25) is 0 Å². The first-order chi connectivity index (χ1) is 9.37. The topological polar surface area (TPSA) is 34.8 Å². The molecule has 0 unspecified atom stereocenters. The van der Waals surface area contributed by atoms with Crippen LogP contribution < -0.4 is 5.32 Å². The van der Waals surface area contributed by atoms with Crippen molar-refractivity contribution in [2.24, 2.45) is 0 Å². The van der Waals surface area contributed by atoms with E-state index in [-0.39, 0.29) is 5.54 Å². The molecule has 0 saturated heterocycles. The lowest BCUT2D eigenvalue weighted by Gasteiger charge is -2.21. The fourth-order valence-corrected chi connectivity index (χ4v) is 2.21. The molecule has 4 nitrogen and oxygen atoms in total. The van der Waals surface area contributed by atoms with E-state index in [9.17, 15) is 0 Å². The van der Waals surface area contributed by atoms with Crippen LogP contribution in [0.5, 0.6) is 0 Å². The minimum absolute atomic E-state index is 0.134. The molecular weight excluding hydrogens is 248 g/mol. The third-order valence-electron chi connectivity index (χ3n) is 3.36. The fraction of sp³-hybridized carbons (Fsp3) is 0.562. The van der Waals surface area contributed by atoms with Crippen molar-refractivity contribution in [3.8, 4) is 0 Å². The molecule has 0 atom stereocenters. The molecule has 2 heterocycles. The van der Waals surface area contributed by atoms with Crippen molar-refractivity contribution in [3.63, 3.8) is 0 Å². The fourth-order valence-electron chi connectivity index (χ4n) is 2.21. The molecule has 1 N–H and O–H groups in total. The van der Waals surface area contributed by atoms with Crippen LogP contribution in [0.15, 0.2) is 30.9 Å². The van der Waals surface area contributed by atoms with E-state index in [4.69, 9.17) is 0 Å². The molecule has 2 aromatic rings. The summed E-state index contributed by atoms with van der Waals surface area (Å²) in [6.45, 7) is 12.7. The van der Waals surface area contributed by atoms with Crippen LogP contribution in [0.4, 0.5) is 0 Å². The first-order valence-corrected chi connectivity index (χ1v) is 7.26. The van der Waals surface area contributed by atoms with Crippen LogP contribution in [0.3, 0.4) is 0 Å². The minimum atomic E-state index is 0.134. The predicted molar refractivity (Wildman–Crippen MR) is 82.7 cm³/mol. The predicted octanol–water partition coefficient (Wildman–Crippen LogP) is 3.20. The third-order valence-corrected chi connectivity index (χ3v) is 3.36. The smallest absolute Gasteiger partial charge is 0.0951 e. The summed E-state index contributed by atoms with van der Waals surface area (Å²) < 4.78 is 4.51. The number of imidazole rings is 1. The Morgan fingerprint density at radius 1 is 1.25 bits per heavy atom. The molecule has 4 heteroatoms. The lowest BCUT2D eigenvalue weighted by atomic mass is 10.1. The van der Waals surface area contributed by atoms with Gasteiger partial charge in [-0.1, -0.05) is 0 Å². The second-order valence-electron chi connectivity index (χ2n) is 6.62. The molecule has 0 aliphatic rings. The van der Waals surface area contributed by atoms with Crippen molar-refractivity contribution in [2.45, 2.75) is 59.3 Å². The van der Waals surface area contributed by atoms with Crippen LogP contribution in [0, 0.1) is 0 Å². The van der Waals surface area contributed by atoms with Crippen molar-refractivity contribution in [3.05, 3.63) is 42.2 Å². The average molecular weight is 274 g/mol. The zero-order valence-corrected chi connectivity index (χ0v) is 13.2. The van der Waals surface area contributed by atoms with E-state index in [2.05, 4.69) is 72.4 Å². The zero-order valence-electron chi connectivity index (χ0n) is 13.2. The molecule has 110 valence electrons. The zero-order chi connectivity index (χ0) is 14.8. The average Bonchev–Trinajstić information content (AvgIpc) is 2.95. The van der Waals surface area contributed by atoms with Crippen LogP contribution in [-0.2, 0) is 13.1 Å². The summed E-state index contributed by atoms with van der Waals surface area (Å²) >= 11 is 0. The van der Waals surface area contributed by atoms with Gasteiger partial charge < -0.3 is 14.5 Å². The largest absolute Gasteiger partial charge is 0.344 e. The van der Waals surface area contributed by atoms with Gasteiger partial charge in [0.25, 0.3) is 0 Å². The third kappa shape index (κ3) is 3.73. The maximum Gasteiger partial charge on any atom is 0.0951 e. The monoisotopic (exact) mass is 274 g/mol. The van der Waals surface area contributed by atoms with Gasteiger partial charge in [-0.25, -0.2) is 4.98 Å². The summed E-state index contributed by atoms with van der Waals surface area (Å²) in [5.74, 6) is 0. The van der Waals surface area contributed by atoms with Gasteiger partial charge in [0, 0.05) is 36.2 Å². The normalized spacial score (nSPS) is 12.3. The van der Waals surface area contributed by atoms with Gasteiger partial charge in [0.05, 0.1) is 18.6 Å². The van der Waals surface area contributed by atoms with Gasteiger partial charge in [0.1, 0.15) is 0 Å². The van der Waals surface area contributed by atoms with Gasteiger partial charge in [-0.3, -0.25) is 0 Å². The van der Waals surface area contributed by atoms with Gasteiger partial charge in [-0.2, -0.15) is 0 Å². The summed E-state index contributed by atoms with van der Waals surface area (Å²) in [6.07, 6.45) is 6.01. The van der Waals surface area contributed by atoms with Gasteiger partial charge in [-0.15, -0.1) is 0 Å². The Balaban J connectivity index is 2.10. The Kier molecular flexibility index (Phi) is 4.33. The van der Waals surface area contributed by atoms with E-state index in [1.54, 1.807) is 0 Å². The first kappa shape index (κ1) is 14.9. The quantitative estimate of drug-likeness (QED) is 0.908. The summed E-state index contributed by atoms with van der Waals surface area (Å²) in [4.78, 5) is 4.27. The second kappa shape index (κ2) is 5.83. The van der Waals surface area contributed by atoms with Crippen molar-refractivity contribution in [1.29, 1.82) is 0 Å². The Morgan fingerprint density at radius 3 is 2.65 bits per heavy atom. The maximum absolute atomic E-state index is 4.27. The number of aromatic nitrogens is 3. The first-order valence-electron chi connectivity index (χ1n) is 7.26. The van der Waals surface area contributed by atoms with Crippen molar-refractivity contribution in [2.75, 3.05) is 0 Å². The lowest BCUT2D eigenvalue weighted by molar-refractivity contribution is 0.416. The van der Waals surface area contributed by atoms with Gasteiger partial charge in [0.15, 0.2) is 0 Å². The molecule has 2 aromatic heterocycles.